The Balaban J connectivity index is 1.30. The van der Waals surface area contributed by atoms with Crippen LogP contribution in [0.2, 0.25) is 0 Å². The van der Waals surface area contributed by atoms with Gasteiger partial charge in [0, 0.05) is 17.3 Å². The summed E-state index contributed by atoms with van der Waals surface area (Å²) < 4.78 is 0. The van der Waals surface area contributed by atoms with Gasteiger partial charge in [0.2, 0.25) is 0 Å². The molecule has 10 aromatic rings. The number of nitrogens with zero attached hydrogens (tertiary/aromatic N) is 4. The highest BCUT2D eigenvalue weighted by molar-refractivity contribution is 6.16. The topological polar surface area (TPSA) is 51.6 Å². The maximum Gasteiger partial charge on any atom is 0.182 e. The van der Waals surface area contributed by atoms with Crippen molar-refractivity contribution < 1.29 is 0 Å². The first-order valence-corrected chi connectivity index (χ1v) is 17.5. The normalized spacial score (nSPS) is 11.5. The zero-order chi connectivity index (χ0) is 34.4. The van der Waals surface area contributed by atoms with Crippen molar-refractivity contribution in [2.45, 2.75) is 0 Å². The zero-order valence-corrected chi connectivity index (χ0v) is 28.1. The van der Waals surface area contributed by atoms with Crippen molar-refractivity contribution in [2.75, 3.05) is 0 Å². The molecule has 4 heteroatoms. The van der Waals surface area contributed by atoms with Crippen molar-refractivity contribution in [2.24, 2.45) is 0 Å². The van der Waals surface area contributed by atoms with Crippen LogP contribution in [-0.2, 0) is 0 Å². The lowest BCUT2D eigenvalue weighted by Gasteiger charge is -2.16. The van der Waals surface area contributed by atoms with Crippen LogP contribution in [0.25, 0.3) is 99.6 Å². The molecule has 0 aliphatic heterocycles. The van der Waals surface area contributed by atoms with Gasteiger partial charge in [0.05, 0.1) is 0 Å². The largest absolute Gasteiger partial charge is 0.253 e. The van der Waals surface area contributed by atoms with Crippen molar-refractivity contribution in [3.05, 3.63) is 182 Å². The molecule has 0 aliphatic carbocycles. The zero-order valence-electron chi connectivity index (χ0n) is 28.1. The molecule has 0 unspecified atom stereocenters. The van der Waals surface area contributed by atoms with Crippen LogP contribution in [0.3, 0.4) is 0 Å². The van der Waals surface area contributed by atoms with Crippen molar-refractivity contribution in [1.29, 1.82) is 0 Å². The fourth-order valence-electron chi connectivity index (χ4n) is 7.48. The van der Waals surface area contributed by atoms with Crippen molar-refractivity contribution in [3.63, 3.8) is 0 Å². The predicted octanol–water partition coefficient (Wildman–Crippen LogP) is 12.2. The second kappa shape index (κ2) is 12.4. The van der Waals surface area contributed by atoms with Gasteiger partial charge in [-0.2, -0.15) is 0 Å². The molecule has 52 heavy (non-hydrogen) atoms. The Kier molecular flexibility index (Phi) is 7.10. The van der Waals surface area contributed by atoms with Crippen LogP contribution in [0.15, 0.2) is 182 Å². The van der Waals surface area contributed by atoms with Crippen LogP contribution in [-0.4, -0.2) is 19.9 Å². The van der Waals surface area contributed by atoms with Gasteiger partial charge < -0.3 is 0 Å². The van der Waals surface area contributed by atoms with Crippen LogP contribution >= 0.6 is 0 Å². The van der Waals surface area contributed by atoms with Gasteiger partial charge in [0.15, 0.2) is 17.5 Å². The minimum Gasteiger partial charge on any atom is -0.253 e. The summed E-state index contributed by atoms with van der Waals surface area (Å²) in [5.74, 6) is 1.72. The van der Waals surface area contributed by atoms with Crippen molar-refractivity contribution in [1.82, 2.24) is 19.9 Å². The summed E-state index contributed by atoms with van der Waals surface area (Å²) >= 11 is 0. The van der Waals surface area contributed by atoms with E-state index in [1.54, 1.807) is 6.20 Å². The summed E-state index contributed by atoms with van der Waals surface area (Å²) in [5, 5.41) is 9.72. The van der Waals surface area contributed by atoms with Gasteiger partial charge in [-0.05, 0) is 108 Å². The monoisotopic (exact) mass is 662 g/mol. The van der Waals surface area contributed by atoms with E-state index in [0.717, 1.165) is 33.4 Å². The first-order chi connectivity index (χ1) is 25.8. The fraction of sp³-hybridized carbons (Fsp3) is 0. The third-order valence-electron chi connectivity index (χ3n) is 9.91. The molecule has 0 saturated carbocycles. The molecule has 4 nitrogen and oxygen atoms in total. The van der Waals surface area contributed by atoms with Gasteiger partial charge in [-0.15, -0.1) is 0 Å². The van der Waals surface area contributed by atoms with Crippen LogP contribution in [0.1, 0.15) is 0 Å². The number of pyridine rings is 1. The number of rotatable bonds is 5. The lowest BCUT2D eigenvalue weighted by molar-refractivity contribution is 1.06. The predicted molar refractivity (Wildman–Crippen MR) is 215 cm³/mol. The highest BCUT2D eigenvalue weighted by Gasteiger charge is 2.18. The Morgan fingerprint density at radius 3 is 1.29 bits per heavy atom. The van der Waals surface area contributed by atoms with Gasteiger partial charge in [-0.25, -0.2) is 15.0 Å². The average molecular weight is 663 g/mol. The standard InChI is InChI=1S/C48H30N4/c1-2-14-31(15-3-1)46-50-47(52-48(51-46)45-24-12-13-25-49-45)36-27-34(43-29-32-16-4-6-18-37(32)39-20-8-10-22-41(39)43)26-35(28-36)44-30-33-17-5-7-19-38(33)40-21-9-11-23-42(40)44/h1-30H. The molecule has 0 fully saturated rings. The Labute approximate surface area is 300 Å². The molecule has 2 heterocycles. The van der Waals surface area contributed by atoms with E-state index < -0.39 is 0 Å². The Hall–Kier alpha value is -7.04. The summed E-state index contributed by atoms with van der Waals surface area (Å²) in [6.45, 7) is 0. The summed E-state index contributed by atoms with van der Waals surface area (Å²) in [5.41, 5.74) is 7.01. The van der Waals surface area contributed by atoms with Gasteiger partial charge >= 0.3 is 0 Å². The molecule has 0 amide bonds. The van der Waals surface area contributed by atoms with Gasteiger partial charge in [0.1, 0.15) is 5.69 Å². The average Bonchev–Trinajstić information content (AvgIpc) is 3.23. The highest BCUT2D eigenvalue weighted by Crippen LogP contribution is 2.41. The molecule has 0 saturated heterocycles. The number of benzene rings is 8. The Bertz CT molecular complexity index is 2760. The van der Waals surface area contributed by atoms with Crippen LogP contribution in [0, 0.1) is 0 Å². The molecule has 0 spiro atoms. The van der Waals surface area contributed by atoms with Gasteiger partial charge in [0.25, 0.3) is 0 Å². The maximum atomic E-state index is 5.14. The van der Waals surface area contributed by atoms with E-state index in [-0.39, 0.29) is 0 Å². The first-order valence-electron chi connectivity index (χ1n) is 17.5. The number of hydrogen-bond acceptors (Lipinski definition) is 4. The van der Waals surface area contributed by atoms with Crippen LogP contribution in [0.5, 0.6) is 0 Å². The SMILES string of the molecule is c1ccc(-c2nc(-c3cc(-c4cc5ccccc5c5ccccc45)cc(-c4cc5ccccc5c5ccccc45)c3)nc(-c3ccccn3)n2)cc1. The molecule has 0 radical (unpaired) electrons. The first kappa shape index (κ1) is 29.8. The molecule has 0 atom stereocenters. The molecule has 2 aromatic heterocycles. The van der Waals surface area contributed by atoms with Crippen LogP contribution in [0.4, 0.5) is 0 Å². The number of fused-ring (bicyclic) bond motifs is 6. The van der Waals surface area contributed by atoms with E-state index in [0.29, 0.717) is 23.2 Å². The summed E-state index contributed by atoms with van der Waals surface area (Å²) in [6.07, 6.45) is 1.77. The van der Waals surface area contributed by atoms with E-state index in [9.17, 15) is 0 Å². The molecule has 10 rings (SSSR count). The second-order valence-electron chi connectivity index (χ2n) is 13.1. The van der Waals surface area contributed by atoms with Crippen molar-refractivity contribution in [3.8, 4) is 56.5 Å². The lowest BCUT2D eigenvalue weighted by atomic mass is 9.88. The van der Waals surface area contributed by atoms with Gasteiger partial charge in [-0.1, -0.05) is 133 Å². The summed E-state index contributed by atoms with van der Waals surface area (Å²) in [7, 11) is 0. The van der Waals surface area contributed by atoms with E-state index in [1.165, 1.54) is 43.1 Å². The van der Waals surface area contributed by atoms with E-state index >= 15 is 0 Å². The van der Waals surface area contributed by atoms with Gasteiger partial charge in [-0.3, -0.25) is 4.98 Å². The number of aromatic nitrogens is 4. The van der Waals surface area contributed by atoms with E-state index in [4.69, 9.17) is 15.0 Å². The summed E-state index contributed by atoms with van der Waals surface area (Å²) in [6, 6.07) is 62.0. The highest BCUT2D eigenvalue weighted by atomic mass is 15.0. The lowest BCUT2D eigenvalue weighted by Crippen LogP contribution is -2.01. The maximum absolute atomic E-state index is 5.14. The molecular formula is C48H30N4. The molecule has 0 bridgehead atoms. The van der Waals surface area contributed by atoms with Crippen molar-refractivity contribution >= 4 is 43.1 Å². The minimum absolute atomic E-state index is 0.531. The smallest absolute Gasteiger partial charge is 0.182 e. The van der Waals surface area contributed by atoms with E-state index in [1.807, 2.05) is 48.5 Å². The quantitative estimate of drug-likeness (QED) is 0.172. The Morgan fingerprint density at radius 2 is 0.731 bits per heavy atom. The van der Waals surface area contributed by atoms with E-state index in [2.05, 4.69) is 132 Å². The Morgan fingerprint density at radius 1 is 0.288 bits per heavy atom. The molecule has 0 N–H and O–H groups in total. The molecule has 8 aromatic carbocycles. The third kappa shape index (κ3) is 5.17. The minimum atomic E-state index is 0.531. The third-order valence-corrected chi connectivity index (χ3v) is 9.91. The number of hydrogen-bond donors (Lipinski definition) is 0. The summed E-state index contributed by atoms with van der Waals surface area (Å²) in [4.78, 5) is 19.8. The molecule has 0 aliphatic rings. The molecule has 242 valence electrons. The molecular weight excluding hydrogens is 633 g/mol. The second-order valence-corrected chi connectivity index (χ2v) is 13.1. The fourth-order valence-corrected chi connectivity index (χ4v) is 7.48. The van der Waals surface area contributed by atoms with Crippen LogP contribution < -0.4 is 0 Å².